The average molecular weight is 739 g/mol. The van der Waals surface area contributed by atoms with Crippen LogP contribution in [0.4, 0.5) is 0 Å². The highest BCUT2D eigenvalue weighted by Crippen LogP contribution is 2.26. The number of carbonyl (C=O) groups is 5. The lowest BCUT2D eigenvalue weighted by atomic mass is 9.82. The van der Waals surface area contributed by atoms with Crippen LogP contribution < -0.4 is 15.4 Å². The molecule has 0 saturated carbocycles. The van der Waals surface area contributed by atoms with E-state index in [0.717, 1.165) is 70.5 Å². The van der Waals surface area contributed by atoms with Crippen molar-refractivity contribution in [2.45, 2.75) is 121 Å². The highest BCUT2D eigenvalue weighted by atomic mass is 16.5. The van der Waals surface area contributed by atoms with Crippen molar-refractivity contribution in [3.8, 4) is 5.75 Å². The minimum absolute atomic E-state index is 0.160. The Balaban J connectivity index is 1.91. The molecule has 0 bridgehead atoms. The Bertz CT molecular complexity index is 1430. The molecule has 2 rings (SSSR count). The van der Waals surface area contributed by atoms with Gasteiger partial charge in [-0.2, -0.15) is 0 Å². The van der Waals surface area contributed by atoms with Gasteiger partial charge in [0.05, 0.1) is 18.9 Å². The summed E-state index contributed by atoms with van der Waals surface area (Å²) in [5, 5.41) is 45.7. The Morgan fingerprint density at radius 2 is 1.43 bits per heavy atom. The molecule has 0 aliphatic rings. The van der Waals surface area contributed by atoms with Crippen LogP contribution in [0.3, 0.4) is 0 Å². The van der Waals surface area contributed by atoms with Crippen LogP contribution in [0.2, 0.25) is 0 Å². The largest absolute Gasteiger partial charge is 0.494 e. The summed E-state index contributed by atoms with van der Waals surface area (Å²) in [5.74, 6) is -7.12. The average Bonchev–Trinajstić information content (AvgIpc) is 3.12. The topological polar surface area (TPSA) is 200 Å². The summed E-state index contributed by atoms with van der Waals surface area (Å²) in [6.45, 7) is 4.13. The minimum Gasteiger partial charge on any atom is -0.494 e. The number of carboxylic acid groups (broad SMARTS) is 3. The lowest BCUT2D eigenvalue weighted by Gasteiger charge is -2.29. The van der Waals surface area contributed by atoms with Gasteiger partial charge < -0.3 is 35.8 Å². The molecule has 3 atom stereocenters. The van der Waals surface area contributed by atoms with Crippen molar-refractivity contribution in [1.82, 2.24) is 10.6 Å². The number of ether oxygens (including phenoxy) is 1. The molecule has 0 unspecified atom stereocenters. The van der Waals surface area contributed by atoms with Gasteiger partial charge in [-0.25, -0.2) is 9.59 Å². The highest BCUT2D eigenvalue weighted by Gasteiger charge is 2.49. The van der Waals surface area contributed by atoms with Gasteiger partial charge >= 0.3 is 17.9 Å². The number of Topliss-reactive ketones (excluding diaryl/α,β-unsaturated/α-hetero) is 1. The maximum Gasteiger partial charge on any atom is 0.337 e. The molecule has 0 aromatic heterocycles. The molecule has 2 aromatic carbocycles. The molecule has 53 heavy (non-hydrogen) atoms. The van der Waals surface area contributed by atoms with Gasteiger partial charge in [-0.05, 0) is 61.9 Å². The number of ketones is 1. The molecule has 12 nitrogen and oxygen atoms in total. The standard InChI is InChI=1S/C41H58N2O10/c1-2-3-4-7-13-19-33(44)20-14-8-5-6-9-15-21-35(41(52,40(50)51)29-37(45)46)38(47)43-36(39(48)49)28-31-22-24-34(25-23-31)53-27-16-26-42-30-32-17-11-10-12-18-32/h10-12,15,17-18,21-25,35-36,42,52H,2-9,13-14,16,19-20,26-30H2,1H3,(H,43,47)(H,45,46)(H,48,49)(H,50,51)/b21-15+/t35-,36+,41+/m1/s1. The Labute approximate surface area is 313 Å². The maximum atomic E-state index is 13.4. The van der Waals surface area contributed by atoms with E-state index >= 15 is 0 Å². The van der Waals surface area contributed by atoms with Gasteiger partial charge in [-0.15, -0.1) is 0 Å². The molecule has 292 valence electrons. The Hall–Kier alpha value is -4.55. The monoisotopic (exact) mass is 738 g/mol. The van der Waals surface area contributed by atoms with E-state index in [4.69, 9.17) is 4.74 Å². The van der Waals surface area contributed by atoms with Gasteiger partial charge in [0.15, 0.2) is 5.60 Å². The first-order chi connectivity index (χ1) is 25.5. The number of aliphatic carboxylic acids is 3. The van der Waals surface area contributed by atoms with Crippen molar-refractivity contribution in [3.05, 3.63) is 77.9 Å². The third-order valence-electron chi connectivity index (χ3n) is 8.97. The predicted molar refractivity (Wildman–Crippen MR) is 202 cm³/mol. The SMILES string of the molecule is CCCCCCCC(=O)CCCCCC/C=C/[C@H](C(=O)N[C@@H](Cc1ccc(OCCCNCc2ccccc2)cc1)C(=O)O)[C@@](O)(CC(=O)O)C(=O)O. The van der Waals surface area contributed by atoms with E-state index in [9.17, 15) is 44.4 Å². The number of unbranched alkanes of at least 4 members (excludes halogenated alkanes) is 8. The zero-order valence-corrected chi connectivity index (χ0v) is 31.0. The Morgan fingerprint density at radius 3 is 2.04 bits per heavy atom. The number of benzene rings is 2. The first kappa shape index (κ1) is 44.6. The van der Waals surface area contributed by atoms with Crippen LogP contribution in [-0.4, -0.2) is 74.8 Å². The van der Waals surface area contributed by atoms with Crippen LogP contribution in [0, 0.1) is 5.92 Å². The minimum atomic E-state index is -3.03. The third-order valence-corrected chi connectivity index (χ3v) is 8.97. The number of carbonyl (C=O) groups excluding carboxylic acids is 2. The smallest absolute Gasteiger partial charge is 0.337 e. The van der Waals surface area contributed by atoms with E-state index in [1.807, 2.05) is 30.3 Å². The molecule has 0 aliphatic heterocycles. The number of hydrogen-bond donors (Lipinski definition) is 6. The Morgan fingerprint density at radius 1 is 0.792 bits per heavy atom. The summed E-state index contributed by atoms with van der Waals surface area (Å²) < 4.78 is 5.78. The second-order valence-electron chi connectivity index (χ2n) is 13.5. The molecule has 12 heteroatoms. The van der Waals surface area contributed by atoms with Crippen LogP contribution in [0.15, 0.2) is 66.7 Å². The van der Waals surface area contributed by atoms with E-state index in [1.54, 1.807) is 24.3 Å². The van der Waals surface area contributed by atoms with Crippen molar-refractivity contribution in [3.63, 3.8) is 0 Å². The van der Waals surface area contributed by atoms with Crippen LogP contribution >= 0.6 is 0 Å². The summed E-state index contributed by atoms with van der Waals surface area (Å²) in [5.41, 5.74) is -1.28. The quantitative estimate of drug-likeness (QED) is 0.0400. The normalized spacial score (nSPS) is 13.5. The van der Waals surface area contributed by atoms with E-state index in [0.29, 0.717) is 43.6 Å². The predicted octanol–water partition coefficient (Wildman–Crippen LogP) is 6.09. The molecule has 6 N–H and O–H groups in total. The van der Waals surface area contributed by atoms with Crippen molar-refractivity contribution < 1.29 is 49.1 Å². The second-order valence-corrected chi connectivity index (χ2v) is 13.5. The molecule has 0 heterocycles. The van der Waals surface area contributed by atoms with Crippen LogP contribution in [0.1, 0.15) is 108 Å². The number of hydrogen-bond acceptors (Lipinski definition) is 8. The first-order valence-corrected chi connectivity index (χ1v) is 18.8. The lowest BCUT2D eigenvalue weighted by molar-refractivity contribution is -0.172. The van der Waals surface area contributed by atoms with Crippen molar-refractivity contribution >= 4 is 29.6 Å². The number of allylic oxidation sites excluding steroid dienone is 1. The molecule has 0 radical (unpaired) electrons. The van der Waals surface area contributed by atoms with E-state index in [1.165, 1.54) is 18.1 Å². The van der Waals surface area contributed by atoms with Crippen molar-refractivity contribution in [2.24, 2.45) is 5.92 Å². The van der Waals surface area contributed by atoms with Crippen LogP contribution in [0.25, 0.3) is 0 Å². The van der Waals surface area contributed by atoms with E-state index in [2.05, 4.69) is 17.6 Å². The lowest BCUT2D eigenvalue weighted by Crippen LogP contribution is -2.55. The molecule has 0 aliphatic carbocycles. The molecule has 0 spiro atoms. The van der Waals surface area contributed by atoms with Gasteiger partial charge in [0.2, 0.25) is 5.91 Å². The fraction of sp³-hybridized carbons (Fsp3) is 0.537. The molecule has 0 saturated heterocycles. The van der Waals surface area contributed by atoms with Gasteiger partial charge in [-0.3, -0.25) is 14.4 Å². The van der Waals surface area contributed by atoms with E-state index < -0.39 is 47.8 Å². The van der Waals surface area contributed by atoms with Gasteiger partial charge in [-0.1, -0.05) is 100 Å². The number of carboxylic acids is 3. The molecule has 0 fully saturated rings. The molecule has 1 amide bonds. The molecular weight excluding hydrogens is 680 g/mol. The van der Waals surface area contributed by atoms with Crippen LogP contribution in [0.5, 0.6) is 5.75 Å². The number of nitrogens with one attached hydrogen (secondary N) is 2. The summed E-state index contributed by atoms with van der Waals surface area (Å²) in [7, 11) is 0. The van der Waals surface area contributed by atoms with Gasteiger partial charge in [0.25, 0.3) is 0 Å². The summed E-state index contributed by atoms with van der Waals surface area (Å²) in [6, 6.07) is 15.2. The maximum absolute atomic E-state index is 13.4. The van der Waals surface area contributed by atoms with Crippen molar-refractivity contribution in [1.29, 1.82) is 0 Å². The fourth-order valence-electron chi connectivity index (χ4n) is 5.87. The Kier molecular flexibility index (Phi) is 21.4. The fourth-order valence-corrected chi connectivity index (χ4v) is 5.87. The number of rotatable bonds is 30. The third kappa shape index (κ3) is 18.2. The second kappa shape index (κ2) is 25.4. The zero-order chi connectivity index (χ0) is 38.9. The summed E-state index contributed by atoms with van der Waals surface area (Å²) >= 11 is 0. The number of amides is 1. The number of aliphatic hydroxyl groups is 1. The van der Waals surface area contributed by atoms with Crippen molar-refractivity contribution in [2.75, 3.05) is 13.2 Å². The first-order valence-electron chi connectivity index (χ1n) is 18.8. The van der Waals surface area contributed by atoms with Gasteiger partial charge in [0, 0.05) is 25.8 Å². The summed E-state index contributed by atoms with van der Waals surface area (Å²) in [4.78, 5) is 61.3. The highest BCUT2D eigenvalue weighted by molar-refractivity contribution is 5.94. The zero-order valence-electron chi connectivity index (χ0n) is 31.0. The van der Waals surface area contributed by atoms with E-state index in [-0.39, 0.29) is 12.2 Å². The van der Waals surface area contributed by atoms with Crippen LogP contribution in [-0.2, 0) is 36.9 Å². The molecular formula is C41H58N2O10. The van der Waals surface area contributed by atoms with Gasteiger partial charge in [0.1, 0.15) is 17.6 Å². The summed E-state index contributed by atoms with van der Waals surface area (Å²) in [6.07, 6.45) is 12.0. The molecule has 2 aromatic rings.